The number of halogens is 2. The number of carbonyl (C=O) groups excluding carboxylic acids is 2. The fraction of sp³-hybridized carbons (Fsp3) is 0.579. The molecule has 0 aromatic heterocycles. The Morgan fingerprint density at radius 3 is 2.74 bits per heavy atom. The summed E-state index contributed by atoms with van der Waals surface area (Å²) in [6.45, 7) is 5.92. The van der Waals surface area contributed by atoms with Crippen molar-refractivity contribution < 1.29 is 23.5 Å². The van der Waals surface area contributed by atoms with Gasteiger partial charge in [0.05, 0.1) is 11.1 Å². The van der Waals surface area contributed by atoms with Crippen molar-refractivity contribution in [1.29, 1.82) is 0 Å². The van der Waals surface area contributed by atoms with Crippen molar-refractivity contribution in [3.8, 4) is 0 Å². The minimum Gasteiger partial charge on any atom is -0.444 e. The number of hydrogen-bond acceptors (Lipinski definition) is 4. The number of likely N-dealkylation sites (tertiary alicyclic amines) is 1. The fourth-order valence-corrected chi connectivity index (χ4v) is 3.32. The number of piperidine rings is 1. The molecule has 0 spiro atoms. The van der Waals surface area contributed by atoms with Crippen LogP contribution in [0.5, 0.6) is 0 Å². The van der Waals surface area contributed by atoms with Crippen LogP contribution in [0.2, 0.25) is 5.02 Å². The van der Waals surface area contributed by atoms with Crippen molar-refractivity contribution in [2.75, 3.05) is 19.7 Å². The standard InChI is InChI=1S/C19H26ClFN2O4/c1-19(2,3)27-18(25)23-9-5-6-12(10-23)17(26-11-15(22)24)13-7-4-8-14(20)16(13)21/h4,7-8,12,17H,5-6,9-11H2,1-3H3,(H2,22,24)/t12?,17-/m1/s1. The molecule has 1 aliphatic rings. The van der Waals surface area contributed by atoms with Crippen LogP contribution in [0.3, 0.4) is 0 Å². The average molecular weight is 401 g/mol. The van der Waals surface area contributed by atoms with Crippen LogP contribution in [-0.2, 0) is 14.3 Å². The lowest BCUT2D eigenvalue weighted by atomic mass is 9.88. The first-order chi connectivity index (χ1) is 12.6. The molecule has 1 aromatic carbocycles. The Labute approximate surface area is 163 Å². The molecule has 27 heavy (non-hydrogen) atoms. The molecule has 1 heterocycles. The maximum absolute atomic E-state index is 14.6. The highest BCUT2D eigenvalue weighted by molar-refractivity contribution is 6.30. The van der Waals surface area contributed by atoms with E-state index in [9.17, 15) is 14.0 Å². The zero-order chi connectivity index (χ0) is 20.2. The second-order valence-electron chi connectivity index (χ2n) is 7.67. The first kappa shape index (κ1) is 21.4. The Morgan fingerprint density at radius 2 is 2.11 bits per heavy atom. The SMILES string of the molecule is CC(C)(C)OC(=O)N1CCCC([C@@H](OCC(N)=O)c2cccc(Cl)c2F)C1. The van der Waals surface area contributed by atoms with Gasteiger partial charge in [-0.2, -0.15) is 0 Å². The number of ether oxygens (including phenoxy) is 2. The van der Waals surface area contributed by atoms with Gasteiger partial charge < -0.3 is 20.1 Å². The molecule has 6 nitrogen and oxygen atoms in total. The maximum atomic E-state index is 14.6. The molecule has 150 valence electrons. The Morgan fingerprint density at radius 1 is 1.41 bits per heavy atom. The van der Waals surface area contributed by atoms with E-state index < -0.39 is 29.5 Å². The van der Waals surface area contributed by atoms with Crippen molar-refractivity contribution in [3.63, 3.8) is 0 Å². The van der Waals surface area contributed by atoms with Crippen LogP contribution in [0.1, 0.15) is 45.3 Å². The van der Waals surface area contributed by atoms with Crippen LogP contribution >= 0.6 is 11.6 Å². The molecule has 1 saturated heterocycles. The highest BCUT2D eigenvalue weighted by atomic mass is 35.5. The number of benzene rings is 1. The minimum absolute atomic E-state index is 0.0278. The molecule has 1 aromatic rings. The molecule has 2 atom stereocenters. The molecule has 0 saturated carbocycles. The number of primary amides is 1. The van der Waals surface area contributed by atoms with E-state index in [1.165, 1.54) is 6.07 Å². The summed E-state index contributed by atoms with van der Waals surface area (Å²) in [5.41, 5.74) is 4.84. The lowest BCUT2D eigenvalue weighted by molar-refractivity contribution is -0.126. The number of nitrogens with zero attached hydrogens (tertiary/aromatic N) is 1. The van der Waals surface area contributed by atoms with Gasteiger partial charge in [0.1, 0.15) is 18.0 Å². The topological polar surface area (TPSA) is 81.9 Å². The summed E-state index contributed by atoms with van der Waals surface area (Å²) in [5, 5.41) is -0.0278. The van der Waals surface area contributed by atoms with Gasteiger partial charge in [-0.25, -0.2) is 9.18 Å². The highest BCUT2D eigenvalue weighted by Gasteiger charge is 2.34. The molecule has 0 bridgehead atoms. The van der Waals surface area contributed by atoms with E-state index in [1.807, 2.05) is 0 Å². The molecular weight excluding hydrogens is 375 g/mol. The quantitative estimate of drug-likeness (QED) is 0.817. The van der Waals surface area contributed by atoms with Gasteiger partial charge in [-0.1, -0.05) is 23.7 Å². The maximum Gasteiger partial charge on any atom is 0.410 e. The van der Waals surface area contributed by atoms with Crippen LogP contribution in [-0.4, -0.2) is 42.2 Å². The van der Waals surface area contributed by atoms with Gasteiger partial charge in [0.15, 0.2) is 0 Å². The number of rotatable bonds is 5. The van der Waals surface area contributed by atoms with Gasteiger partial charge in [0.25, 0.3) is 0 Å². The number of amides is 2. The van der Waals surface area contributed by atoms with E-state index in [-0.39, 0.29) is 23.1 Å². The summed E-state index contributed by atoms with van der Waals surface area (Å²) in [7, 11) is 0. The molecule has 1 fully saturated rings. The van der Waals surface area contributed by atoms with Crippen LogP contribution < -0.4 is 5.73 Å². The van der Waals surface area contributed by atoms with E-state index in [4.69, 9.17) is 26.8 Å². The lowest BCUT2D eigenvalue weighted by Gasteiger charge is -2.37. The molecular formula is C19H26ClFN2O4. The van der Waals surface area contributed by atoms with Gasteiger partial charge in [-0.05, 0) is 39.7 Å². The second kappa shape index (κ2) is 8.89. The molecule has 2 amide bonds. The Bertz CT molecular complexity index is 693. The third-order valence-electron chi connectivity index (χ3n) is 4.23. The predicted molar refractivity (Wildman–Crippen MR) is 99.8 cm³/mol. The summed E-state index contributed by atoms with van der Waals surface area (Å²) < 4.78 is 25.6. The zero-order valence-corrected chi connectivity index (χ0v) is 16.6. The van der Waals surface area contributed by atoms with Crippen LogP contribution in [0.4, 0.5) is 9.18 Å². The van der Waals surface area contributed by atoms with Gasteiger partial charge in [-0.3, -0.25) is 4.79 Å². The molecule has 1 unspecified atom stereocenters. The molecule has 0 aliphatic carbocycles. The van der Waals surface area contributed by atoms with Crippen LogP contribution in [0.25, 0.3) is 0 Å². The Hall–Kier alpha value is -1.86. The average Bonchev–Trinajstić information content (AvgIpc) is 2.57. The lowest BCUT2D eigenvalue weighted by Crippen LogP contribution is -2.44. The Kier molecular flexibility index (Phi) is 7.06. The summed E-state index contributed by atoms with van der Waals surface area (Å²) >= 11 is 5.90. The summed E-state index contributed by atoms with van der Waals surface area (Å²) in [5.74, 6) is -1.47. The highest BCUT2D eigenvalue weighted by Crippen LogP contribution is 2.36. The number of hydrogen-bond donors (Lipinski definition) is 1. The van der Waals surface area contributed by atoms with E-state index in [0.29, 0.717) is 25.9 Å². The molecule has 1 aliphatic heterocycles. The molecule has 0 radical (unpaired) electrons. The molecule has 2 rings (SSSR count). The number of nitrogens with two attached hydrogens (primary N) is 1. The summed E-state index contributed by atoms with van der Waals surface area (Å²) in [4.78, 5) is 25.2. The first-order valence-electron chi connectivity index (χ1n) is 8.90. The van der Waals surface area contributed by atoms with E-state index in [2.05, 4.69) is 0 Å². The fourth-order valence-electron chi connectivity index (χ4n) is 3.14. The largest absolute Gasteiger partial charge is 0.444 e. The predicted octanol–water partition coefficient (Wildman–Crippen LogP) is 3.67. The van der Waals surface area contributed by atoms with Gasteiger partial charge in [0, 0.05) is 24.6 Å². The molecule has 2 N–H and O–H groups in total. The van der Waals surface area contributed by atoms with Crippen molar-refractivity contribution >= 4 is 23.6 Å². The van der Waals surface area contributed by atoms with Crippen molar-refractivity contribution in [3.05, 3.63) is 34.6 Å². The van der Waals surface area contributed by atoms with E-state index >= 15 is 0 Å². The van der Waals surface area contributed by atoms with E-state index in [1.54, 1.807) is 37.8 Å². The first-order valence-corrected chi connectivity index (χ1v) is 9.28. The second-order valence-corrected chi connectivity index (χ2v) is 8.08. The normalized spacial score (nSPS) is 18.9. The van der Waals surface area contributed by atoms with Crippen molar-refractivity contribution in [2.45, 2.75) is 45.3 Å². The van der Waals surface area contributed by atoms with Gasteiger partial charge in [-0.15, -0.1) is 0 Å². The molecule has 8 heteroatoms. The number of carbonyl (C=O) groups is 2. The summed E-state index contributed by atoms with van der Waals surface area (Å²) in [6.07, 6.45) is 0.242. The van der Waals surface area contributed by atoms with Gasteiger partial charge in [0.2, 0.25) is 5.91 Å². The third-order valence-corrected chi connectivity index (χ3v) is 4.52. The third kappa shape index (κ3) is 6.07. The van der Waals surface area contributed by atoms with Crippen LogP contribution in [0.15, 0.2) is 18.2 Å². The smallest absolute Gasteiger partial charge is 0.410 e. The van der Waals surface area contributed by atoms with E-state index in [0.717, 1.165) is 0 Å². The minimum atomic E-state index is -0.749. The Balaban J connectivity index is 2.22. The monoisotopic (exact) mass is 400 g/mol. The zero-order valence-electron chi connectivity index (χ0n) is 15.8. The van der Waals surface area contributed by atoms with Crippen molar-refractivity contribution in [2.24, 2.45) is 11.7 Å². The summed E-state index contributed by atoms with van der Waals surface area (Å²) in [6, 6.07) is 4.63. The van der Waals surface area contributed by atoms with Crippen molar-refractivity contribution in [1.82, 2.24) is 4.90 Å². The van der Waals surface area contributed by atoms with Gasteiger partial charge >= 0.3 is 6.09 Å². The van der Waals surface area contributed by atoms with Crippen LogP contribution in [0, 0.1) is 11.7 Å².